The Morgan fingerprint density at radius 2 is 1.83 bits per heavy atom. The summed E-state index contributed by atoms with van der Waals surface area (Å²) >= 11 is 2.98. The Labute approximate surface area is 116 Å². The maximum absolute atomic E-state index is 13.6. The van der Waals surface area contributed by atoms with E-state index in [1.165, 1.54) is 6.07 Å². The van der Waals surface area contributed by atoms with Crippen LogP contribution in [-0.4, -0.2) is 14.7 Å². The lowest BCUT2D eigenvalue weighted by Gasteiger charge is -2.14. The Bertz CT molecular complexity index is 524. The first-order valence-electron chi connectivity index (χ1n) is 5.25. The summed E-state index contributed by atoms with van der Waals surface area (Å²) in [5, 5.41) is 0. The molecule has 0 bridgehead atoms. The van der Waals surface area contributed by atoms with Crippen LogP contribution in [0.4, 0.5) is 8.78 Å². The molecule has 100 valence electrons. The van der Waals surface area contributed by atoms with Gasteiger partial charge in [-0.3, -0.25) is 0 Å². The molecular weight excluding hydrogens is 324 g/mol. The fraction of sp³-hybridized carbons (Fsp3) is 0.417. The van der Waals surface area contributed by atoms with Gasteiger partial charge in [0.2, 0.25) is 0 Å². The average Bonchev–Trinajstić information content (AvgIpc) is 2.21. The highest BCUT2D eigenvalue weighted by Gasteiger charge is 2.20. The fourth-order valence-corrected chi connectivity index (χ4v) is 2.07. The highest BCUT2D eigenvalue weighted by Crippen LogP contribution is 2.21. The van der Waals surface area contributed by atoms with Crippen LogP contribution >= 0.6 is 15.9 Å². The Balaban J connectivity index is 3.19. The van der Waals surface area contributed by atoms with Crippen molar-refractivity contribution in [2.75, 3.05) is 0 Å². The Kier molecular flexibility index (Phi) is 4.78. The maximum Gasteiger partial charge on any atom is 0.145 e. The molecule has 0 N–H and O–H groups in total. The van der Waals surface area contributed by atoms with Gasteiger partial charge in [-0.2, -0.15) is 4.40 Å². The van der Waals surface area contributed by atoms with Crippen LogP contribution in [0.15, 0.2) is 21.0 Å². The van der Waals surface area contributed by atoms with E-state index in [2.05, 4.69) is 20.3 Å². The molecule has 6 heteroatoms. The molecule has 0 amide bonds. The molecule has 0 fully saturated rings. The van der Waals surface area contributed by atoms with Gasteiger partial charge < -0.3 is 0 Å². The maximum atomic E-state index is 13.6. The first-order chi connectivity index (χ1) is 8.12. The van der Waals surface area contributed by atoms with Crippen molar-refractivity contribution in [3.63, 3.8) is 0 Å². The second kappa shape index (κ2) is 5.57. The molecule has 0 saturated carbocycles. The normalized spacial score (nSPS) is 14.7. The molecule has 0 heterocycles. The lowest BCUT2D eigenvalue weighted by Crippen LogP contribution is -2.20. The summed E-state index contributed by atoms with van der Waals surface area (Å²) in [5.41, 5.74) is 0.419. The number of rotatable bonds is 2. The molecule has 18 heavy (non-hydrogen) atoms. The quantitative estimate of drug-likeness (QED) is 0.592. The minimum absolute atomic E-state index is 0.140. The van der Waals surface area contributed by atoms with E-state index in [-0.39, 0.29) is 15.7 Å². The summed E-state index contributed by atoms with van der Waals surface area (Å²) in [6, 6.07) is 2.07. The van der Waals surface area contributed by atoms with E-state index < -0.39 is 27.4 Å². The second-order valence-electron chi connectivity index (χ2n) is 4.78. The molecule has 1 rings (SSSR count). The van der Waals surface area contributed by atoms with Crippen molar-refractivity contribution in [2.24, 2.45) is 4.40 Å². The van der Waals surface area contributed by atoms with E-state index in [1.54, 1.807) is 27.7 Å². The van der Waals surface area contributed by atoms with Gasteiger partial charge >= 0.3 is 0 Å². The highest BCUT2D eigenvalue weighted by atomic mass is 79.9. The largest absolute Gasteiger partial charge is 0.234 e. The molecule has 0 aliphatic heterocycles. The van der Waals surface area contributed by atoms with Gasteiger partial charge in [0.25, 0.3) is 0 Å². The van der Waals surface area contributed by atoms with E-state index in [4.69, 9.17) is 0 Å². The molecule has 0 radical (unpaired) electrons. The van der Waals surface area contributed by atoms with Crippen molar-refractivity contribution >= 4 is 32.6 Å². The van der Waals surface area contributed by atoms with Crippen molar-refractivity contribution in [1.82, 2.24) is 0 Å². The predicted molar refractivity (Wildman–Crippen MR) is 74.2 cm³/mol. The molecule has 0 aromatic heterocycles. The van der Waals surface area contributed by atoms with Crippen molar-refractivity contribution < 1.29 is 13.0 Å². The minimum atomic E-state index is -1.48. The monoisotopic (exact) mass is 337 g/mol. The Morgan fingerprint density at radius 3 is 2.33 bits per heavy atom. The summed E-state index contributed by atoms with van der Waals surface area (Å²) in [7, 11) is -1.48. The third kappa shape index (κ3) is 3.68. The van der Waals surface area contributed by atoms with Crippen LogP contribution in [-0.2, 0) is 11.0 Å². The minimum Gasteiger partial charge on any atom is -0.234 e. The molecule has 1 aromatic rings. The van der Waals surface area contributed by atoms with E-state index in [0.29, 0.717) is 0 Å². The number of hydrogen-bond acceptors (Lipinski definition) is 1. The van der Waals surface area contributed by atoms with E-state index in [9.17, 15) is 13.0 Å². The van der Waals surface area contributed by atoms with E-state index in [1.807, 2.05) is 0 Å². The number of nitrogens with zero attached hydrogens (tertiary/aromatic N) is 1. The molecule has 0 aliphatic carbocycles. The summed E-state index contributed by atoms with van der Waals surface area (Å²) in [6.45, 7) is 6.87. The van der Waals surface area contributed by atoms with E-state index >= 15 is 0 Å². The van der Waals surface area contributed by atoms with Gasteiger partial charge in [0.1, 0.15) is 22.6 Å². The standard InChI is InChI=1S/C12H14BrF2NOS/c1-7(16-18(17)12(2,3)4)8-5-9(13)11(15)6-10(8)14/h5-6H,1-4H3/b16-7+. The molecule has 0 saturated heterocycles. The third-order valence-corrected chi connectivity index (χ3v) is 4.24. The van der Waals surface area contributed by atoms with E-state index in [0.717, 1.165) is 6.07 Å². The van der Waals surface area contributed by atoms with Crippen LogP contribution < -0.4 is 0 Å². The van der Waals surface area contributed by atoms with Crippen molar-refractivity contribution in [1.29, 1.82) is 0 Å². The van der Waals surface area contributed by atoms with Gasteiger partial charge in [-0.25, -0.2) is 13.0 Å². The van der Waals surface area contributed by atoms with Crippen LogP contribution in [0.5, 0.6) is 0 Å². The molecule has 0 aliphatic rings. The summed E-state index contributed by atoms with van der Waals surface area (Å²) in [6.07, 6.45) is 0. The van der Waals surface area contributed by atoms with Crippen molar-refractivity contribution in [2.45, 2.75) is 32.4 Å². The predicted octanol–water partition coefficient (Wildman–Crippen LogP) is 4.00. The lowest BCUT2D eigenvalue weighted by atomic mass is 10.1. The summed E-state index contributed by atoms with van der Waals surface area (Å²) in [4.78, 5) is 0. The lowest BCUT2D eigenvalue weighted by molar-refractivity contribution is 0.577. The van der Waals surface area contributed by atoms with Crippen LogP contribution in [0.3, 0.4) is 0 Å². The van der Waals surface area contributed by atoms with Gasteiger partial charge in [0.05, 0.1) is 14.9 Å². The molecule has 1 aromatic carbocycles. The number of hydrogen-bond donors (Lipinski definition) is 0. The van der Waals surface area contributed by atoms with Gasteiger partial charge in [0.15, 0.2) is 0 Å². The zero-order valence-electron chi connectivity index (χ0n) is 10.6. The molecule has 0 spiro atoms. The van der Waals surface area contributed by atoms with Crippen molar-refractivity contribution in [3.05, 3.63) is 33.8 Å². The molecule has 2 nitrogen and oxygen atoms in total. The second-order valence-corrected chi connectivity index (χ2v) is 7.54. The van der Waals surface area contributed by atoms with Crippen LogP contribution in [0.25, 0.3) is 0 Å². The fourth-order valence-electron chi connectivity index (χ4n) is 1.11. The SMILES string of the molecule is C/C(=N\S(=O)C(C)(C)C)c1cc(Br)c(F)cc1F. The first-order valence-corrected chi connectivity index (χ1v) is 7.15. The third-order valence-electron chi connectivity index (χ3n) is 2.14. The van der Waals surface area contributed by atoms with Crippen LogP contribution in [0.1, 0.15) is 33.3 Å². The summed E-state index contributed by atoms with van der Waals surface area (Å²) in [5.74, 6) is -1.40. The molecular formula is C12H14BrF2NOS. The number of halogens is 3. The average molecular weight is 338 g/mol. The smallest absolute Gasteiger partial charge is 0.145 e. The first kappa shape index (κ1) is 15.4. The van der Waals surface area contributed by atoms with Crippen molar-refractivity contribution in [3.8, 4) is 0 Å². The molecule has 1 unspecified atom stereocenters. The Hall–Kier alpha value is -0.620. The Morgan fingerprint density at radius 1 is 1.28 bits per heavy atom. The summed E-state index contributed by atoms with van der Waals surface area (Å²) < 4.78 is 42.1. The van der Waals surface area contributed by atoms with Gasteiger partial charge in [-0.05, 0) is 49.7 Å². The van der Waals surface area contributed by atoms with Crippen LogP contribution in [0, 0.1) is 11.6 Å². The molecule has 1 atom stereocenters. The highest BCUT2D eigenvalue weighted by molar-refractivity contribution is 9.10. The zero-order chi connectivity index (χ0) is 14.1. The topological polar surface area (TPSA) is 29.4 Å². The van der Waals surface area contributed by atoms with Crippen LogP contribution in [0.2, 0.25) is 0 Å². The number of benzene rings is 1. The van der Waals surface area contributed by atoms with Gasteiger partial charge in [-0.15, -0.1) is 0 Å². The van der Waals surface area contributed by atoms with Gasteiger partial charge in [0, 0.05) is 11.6 Å². The zero-order valence-corrected chi connectivity index (χ0v) is 13.0. The van der Waals surface area contributed by atoms with Gasteiger partial charge in [-0.1, -0.05) is 0 Å².